The number of carbonyl (C=O) groups excluding carboxylic acids is 1. The number of hydrogen-bond acceptors (Lipinski definition) is 7. The first-order valence-corrected chi connectivity index (χ1v) is 15.2. The van der Waals surface area contributed by atoms with Crippen molar-refractivity contribution in [3.8, 4) is 23.0 Å². The fourth-order valence-corrected chi connectivity index (χ4v) is 5.50. The van der Waals surface area contributed by atoms with Gasteiger partial charge in [-0.25, -0.2) is 9.97 Å². The van der Waals surface area contributed by atoms with Gasteiger partial charge in [0.25, 0.3) is 5.91 Å². The SMILES string of the molecule is CCC(CC)n1cnnc1-c1cccc(NC(=O)c2cc(-n3cnc(C4CC4)c3)c(C)cc2NCc2ccc(OC)cc2)n1. The van der Waals surface area contributed by atoms with Crippen LogP contribution in [0.5, 0.6) is 5.75 Å². The van der Waals surface area contributed by atoms with E-state index in [4.69, 9.17) is 9.72 Å². The zero-order valence-electron chi connectivity index (χ0n) is 25.6. The van der Waals surface area contributed by atoms with Crippen LogP contribution in [0.4, 0.5) is 11.5 Å². The van der Waals surface area contributed by atoms with Crippen LogP contribution in [0.15, 0.2) is 73.4 Å². The van der Waals surface area contributed by atoms with Crippen molar-refractivity contribution in [2.45, 2.75) is 65.0 Å². The monoisotopic (exact) mass is 590 g/mol. The van der Waals surface area contributed by atoms with Crippen LogP contribution in [0.3, 0.4) is 0 Å². The Morgan fingerprint density at radius 3 is 2.59 bits per heavy atom. The standard InChI is InChI=1S/C34H38N8O2/c1-5-25(6-2)42-21-37-40-33(42)28-8-7-9-32(38-28)39-34(43)27-17-31(41-19-30(36-20-41)24-12-13-24)22(3)16-29(27)35-18-23-10-14-26(44-4)15-11-23/h7-11,14-17,19-21,24-25,35H,5-6,12-13,18H2,1-4H3,(H,38,39,43). The molecule has 0 atom stereocenters. The third-order valence-corrected chi connectivity index (χ3v) is 8.23. The summed E-state index contributed by atoms with van der Waals surface area (Å²) in [5.74, 6) is 2.19. The fraction of sp³-hybridized carbons (Fsp3) is 0.324. The Hall–Kier alpha value is -4.99. The molecule has 0 spiro atoms. The molecule has 3 heterocycles. The molecule has 1 amide bonds. The largest absolute Gasteiger partial charge is 0.497 e. The highest BCUT2D eigenvalue weighted by Gasteiger charge is 2.26. The zero-order valence-corrected chi connectivity index (χ0v) is 25.6. The molecule has 2 aromatic carbocycles. The van der Waals surface area contributed by atoms with Crippen LogP contribution in [-0.2, 0) is 6.54 Å². The third-order valence-electron chi connectivity index (χ3n) is 8.23. The number of rotatable bonds is 12. The summed E-state index contributed by atoms with van der Waals surface area (Å²) in [7, 11) is 1.65. The predicted octanol–water partition coefficient (Wildman–Crippen LogP) is 6.95. The van der Waals surface area contributed by atoms with Crippen LogP contribution in [0.2, 0.25) is 0 Å². The minimum Gasteiger partial charge on any atom is -0.497 e. The summed E-state index contributed by atoms with van der Waals surface area (Å²) < 4.78 is 9.36. The first-order valence-electron chi connectivity index (χ1n) is 15.2. The predicted molar refractivity (Wildman–Crippen MR) is 171 cm³/mol. The summed E-state index contributed by atoms with van der Waals surface area (Å²) in [6, 6.07) is 17.6. The summed E-state index contributed by atoms with van der Waals surface area (Å²) >= 11 is 0. The number of hydrogen-bond donors (Lipinski definition) is 2. The van der Waals surface area contributed by atoms with Crippen molar-refractivity contribution in [3.05, 3.63) is 95.8 Å². The van der Waals surface area contributed by atoms with Crippen molar-refractivity contribution < 1.29 is 9.53 Å². The van der Waals surface area contributed by atoms with Gasteiger partial charge in [0, 0.05) is 30.4 Å². The maximum Gasteiger partial charge on any atom is 0.258 e. The van der Waals surface area contributed by atoms with E-state index in [1.165, 1.54) is 12.8 Å². The zero-order chi connectivity index (χ0) is 30.6. The molecule has 10 nitrogen and oxygen atoms in total. The van der Waals surface area contributed by atoms with Crippen molar-refractivity contribution in [2.24, 2.45) is 0 Å². The molecule has 0 radical (unpaired) electrons. The summed E-state index contributed by atoms with van der Waals surface area (Å²) in [4.78, 5) is 23.3. The smallest absolute Gasteiger partial charge is 0.258 e. The molecule has 226 valence electrons. The first-order chi connectivity index (χ1) is 21.5. The molecule has 5 aromatic rings. The lowest BCUT2D eigenvalue weighted by atomic mass is 10.1. The van der Waals surface area contributed by atoms with E-state index in [0.717, 1.165) is 46.8 Å². The van der Waals surface area contributed by atoms with E-state index in [0.29, 0.717) is 35.4 Å². The average Bonchev–Trinajstić information content (AvgIpc) is 3.57. The molecule has 3 aromatic heterocycles. The maximum atomic E-state index is 13.9. The molecule has 10 heteroatoms. The van der Waals surface area contributed by atoms with Gasteiger partial charge in [-0.15, -0.1) is 10.2 Å². The molecule has 1 aliphatic rings. The van der Waals surface area contributed by atoms with Crippen molar-refractivity contribution >= 4 is 17.4 Å². The summed E-state index contributed by atoms with van der Waals surface area (Å²) in [6.07, 6.45) is 9.93. The second kappa shape index (κ2) is 12.7. The van der Waals surface area contributed by atoms with E-state index in [9.17, 15) is 4.79 Å². The van der Waals surface area contributed by atoms with Crippen LogP contribution in [0, 0.1) is 6.92 Å². The quantitative estimate of drug-likeness (QED) is 0.162. The Bertz CT molecular complexity index is 1750. The molecule has 44 heavy (non-hydrogen) atoms. The van der Waals surface area contributed by atoms with Crippen molar-refractivity contribution in [1.82, 2.24) is 29.3 Å². The summed E-state index contributed by atoms with van der Waals surface area (Å²) in [6.45, 7) is 6.89. The normalized spacial score (nSPS) is 12.8. The Morgan fingerprint density at radius 1 is 1.07 bits per heavy atom. The highest BCUT2D eigenvalue weighted by molar-refractivity contribution is 6.08. The minimum atomic E-state index is -0.267. The number of nitrogens with one attached hydrogen (secondary N) is 2. The fourth-order valence-electron chi connectivity index (χ4n) is 5.50. The lowest BCUT2D eigenvalue weighted by Gasteiger charge is -2.17. The van der Waals surface area contributed by atoms with E-state index in [2.05, 4.69) is 50.4 Å². The maximum absolute atomic E-state index is 13.9. The number of benzene rings is 2. The Kier molecular flexibility index (Phi) is 8.40. The van der Waals surface area contributed by atoms with E-state index < -0.39 is 0 Å². The molecular formula is C34H38N8O2. The van der Waals surface area contributed by atoms with Gasteiger partial charge >= 0.3 is 0 Å². The second-order valence-corrected chi connectivity index (χ2v) is 11.3. The number of pyridine rings is 1. The number of ether oxygens (including phenoxy) is 1. The molecule has 0 bridgehead atoms. The molecule has 0 saturated heterocycles. The Balaban J connectivity index is 1.31. The number of nitrogens with zero attached hydrogens (tertiary/aromatic N) is 6. The van der Waals surface area contributed by atoms with Gasteiger partial charge in [0.2, 0.25) is 0 Å². The van der Waals surface area contributed by atoms with Crippen LogP contribution >= 0.6 is 0 Å². The summed E-state index contributed by atoms with van der Waals surface area (Å²) in [5.41, 5.74) is 5.99. The van der Waals surface area contributed by atoms with E-state index in [-0.39, 0.29) is 11.9 Å². The summed E-state index contributed by atoms with van der Waals surface area (Å²) in [5, 5.41) is 15.0. The first kappa shape index (κ1) is 29.1. The van der Waals surface area contributed by atoms with Gasteiger partial charge in [-0.05, 0) is 80.1 Å². The van der Waals surface area contributed by atoms with Gasteiger partial charge in [-0.2, -0.15) is 0 Å². The van der Waals surface area contributed by atoms with Crippen molar-refractivity contribution in [2.75, 3.05) is 17.7 Å². The van der Waals surface area contributed by atoms with E-state index in [1.807, 2.05) is 66.3 Å². The van der Waals surface area contributed by atoms with Gasteiger partial charge < -0.3 is 24.5 Å². The number of aryl methyl sites for hydroxylation is 1. The average molecular weight is 591 g/mol. The van der Waals surface area contributed by atoms with Crippen molar-refractivity contribution in [3.63, 3.8) is 0 Å². The molecular weight excluding hydrogens is 552 g/mol. The van der Waals surface area contributed by atoms with Crippen LogP contribution in [-0.4, -0.2) is 42.3 Å². The van der Waals surface area contributed by atoms with Gasteiger partial charge in [0.05, 0.1) is 30.4 Å². The molecule has 1 aliphatic carbocycles. The Labute approximate surface area is 257 Å². The van der Waals surface area contributed by atoms with Gasteiger partial charge in [0.15, 0.2) is 5.82 Å². The number of methoxy groups -OCH3 is 1. The Morgan fingerprint density at radius 2 is 1.86 bits per heavy atom. The van der Waals surface area contributed by atoms with Crippen LogP contribution < -0.4 is 15.4 Å². The molecule has 2 N–H and O–H groups in total. The second-order valence-electron chi connectivity index (χ2n) is 11.3. The number of anilines is 2. The van der Waals surface area contributed by atoms with Crippen molar-refractivity contribution in [1.29, 1.82) is 0 Å². The van der Waals surface area contributed by atoms with Gasteiger partial charge in [0.1, 0.15) is 23.6 Å². The van der Waals surface area contributed by atoms with Crippen LogP contribution in [0.25, 0.3) is 17.2 Å². The molecule has 1 saturated carbocycles. The van der Waals surface area contributed by atoms with Gasteiger partial charge in [-0.1, -0.05) is 32.0 Å². The minimum absolute atomic E-state index is 0.267. The molecule has 0 aliphatic heterocycles. The van der Waals surface area contributed by atoms with E-state index >= 15 is 0 Å². The van der Waals surface area contributed by atoms with Crippen LogP contribution in [0.1, 0.15) is 78.7 Å². The molecule has 1 fully saturated rings. The topological polar surface area (TPSA) is 112 Å². The lowest BCUT2D eigenvalue weighted by molar-refractivity contribution is 0.102. The highest BCUT2D eigenvalue weighted by atomic mass is 16.5. The highest BCUT2D eigenvalue weighted by Crippen LogP contribution is 2.39. The lowest BCUT2D eigenvalue weighted by Crippen LogP contribution is -2.17. The van der Waals surface area contributed by atoms with E-state index in [1.54, 1.807) is 19.5 Å². The third kappa shape index (κ3) is 6.20. The molecule has 0 unspecified atom stereocenters. The van der Waals surface area contributed by atoms with Gasteiger partial charge in [-0.3, -0.25) is 4.79 Å². The number of amides is 1. The number of aromatic nitrogens is 6. The number of carbonyl (C=O) groups is 1. The molecule has 6 rings (SSSR count). The number of imidazole rings is 1.